The fourth-order valence-electron chi connectivity index (χ4n) is 4.21. The Labute approximate surface area is 200 Å². The van der Waals surface area contributed by atoms with Crippen LogP contribution in [-0.4, -0.2) is 43.7 Å². The second kappa shape index (κ2) is 8.90. The number of rotatable bonds is 4. The molecule has 2 fully saturated rings. The van der Waals surface area contributed by atoms with Crippen molar-refractivity contribution in [3.63, 3.8) is 0 Å². The maximum Gasteiger partial charge on any atom is 0.416 e. The number of hydrogen-bond donors (Lipinski definition) is 2. The molecule has 2 saturated heterocycles. The van der Waals surface area contributed by atoms with Crippen LogP contribution < -0.4 is 15.7 Å². The summed E-state index contributed by atoms with van der Waals surface area (Å²) in [6.07, 6.45) is -10.2. The monoisotopic (exact) mass is 521 g/mol. The van der Waals surface area contributed by atoms with E-state index in [1.54, 1.807) is 0 Å². The lowest BCUT2D eigenvalue weighted by Crippen LogP contribution is -2.45. The minimum absolute atomic E-state index is 0.0461. The van der Waals surface area contributed by atoms with E-state index in [9.17, 15) is 35.9 Å². The van der Waals surface area contributed by atoms with Gasteiger partial charge in [0.15, 0.2) is 0 Å². The van der Waals surface area contributed by atoms with Gasteiger partial charge in [-0.3, -0.25) is 14.4 Å². The van der Waals surface area contributed by atoms with Crippen LogP contribution in [0.5, 0.6) is 0 Å². The van der Waals surface area contributed by atoms with Gasteiger partial charge in [0, 0.05) is 29.4 Å². The topological polar surface area (TPSA) is 70.7 Å². The van der Waals surface area contributed by atoms with Crippen molar-refractivity contribution in [2.24, 2.45) is 0 Å². The van der Waals surface area contributed by atoms with Crippen LogP contribution in [0.3, 0.4) is 0 Å². The molecule has 0 saturated carbocycles. The first kappa shape index (κ1) is 25.1. The summed E-state index contributed by atoms with van der Waals surface area (Å²) in [6.45, 7) is -0.757. The predicted molar refractivity (Wildman–Crippen MR) is 113 cm³/mol. The summed E-state index contributed by atoms with van der Waals surface area (Å²) in [5, 5.41) is 2.03. The molecular weight excluding hydrogens is 504 g/mol. The molecule has 2 heterocycles. The van der Waals surface area contributed by atoms with Crippen LogP contribution in [0.25, 0.3) is 0 Å². The Morgan fingerprint density at radius 1 is 1.11 bits per heavy atom. The summed E-state index contributed by atoms with van der Waals surface area (Å²) < 4.78 is 82.6. The number of halogens is 7. The Balaban J connectivity index is 1.57. The number of nitrogens with zero attached hydrogens (tertiary/aromatic N) is 1. The van der Waals surface area contributed by atoms with Crippen molar-refractivity contribution in [2.75, 3.05) is 24.6 Å². The number of amides is 2. The molecule has 2 aromatic rings. The molecule has 2 aromatic carbocycles. The number of benzene rings is 2. The van der Waals surface area contributed by atoms with Gasteiger partial charge in [0.25, 0.3) is 11.8 Å². The normalized spacial score (nSPS) is 22.9. The van der Waals surface area contributed by atoms with E-state index in [0.717, 1.165) is 6.07 Å². The number of anilines is 1. The van der Waals surface area contributed by atoms with Gasteiger partial charge >= 0.3 is 12.4 Å². The SMILES string of the molecule is O=C(NC1CONC1=O)c1ccc(N2CCC(c3cc(Cl)cc(C(F)(F)F)c3)(C(F)(F)F)C2)cc1. The first-order valence-corrected chi connectivity index (χ1v) is 10.7. The van der Waals surface area contributed by atoms with Crippen molar-refractivity contribution >= 4 is 29.1 Å². The molecule has 188 valence electrons. The molecular formula is C22H18ClF6N3O3. The molecule has 0 spiro atoms. The van der Waals surface area contributed by atoms with Gasteiger partial charge in [-0.2, -0.15) is 26.3 Å². The molecule has 2 unspecified atom stereocenters. The molecule has 2 amide bonds. The van der Waals surface area contributed by atoms with E-state index < -0.39 is 64.7 Å². The van der Waals surface area contributed by atoms with Crippen molar-refractivity contribution in [2.45, 2.75) is 30.2 Å². The van der Waals surface area contributed by atoms with Crippen LogP contribution >= 0.6 is 11.6 Å². The van der Waals surface area contributed by atoms with Gasteiger partial charge in [-0.15, -0.1) is 0 Å². The highest BCUT2D eigenvalue weighted by Crippen LogP contribution is 2.50. The molecule has 2 N–H and O–H groups in total. The third kappa shape index (κ3) is 4.90. The first-order valence-electron chi connectivity index (χ1n) is 10.3. The lowest BCUT2D eigenvalue weighted by Gasteiger charge is -2.33. The Hall–Kier alpha value is -2.99. The van der Waals surface area contributed by atoms with Gasteiger partial charge in [0.2, 0.25) is 0 Å². The fourth-order valence-corrected chi connectivity index (χ4v) is 4.44. The van der Waals surface area contributed by atoms with Crippen molar-refractivity contribution < 1.29 is 40.8 Å². The van der Waals surface area contributed by atoms with Gasteiger partial charge in [-0.05, 0) is 54.4 Å². The maximum atomic E-state index is 14.3. The molecule has 0 aromatic heterocycles. The average Bonchev–Trinajstić information content (AvgIpc) is 3.40. The third-order valence-electron chi connectivity index (χ3n) is 6.13. The predicted octanol–water partition coefficient (Wildman–Crippen LogP) is 4.23. The summed E-state index contributed by atoms with van der Waals surface area (Å²) in [7, 11) is 0. The lowest BCUT2D eigenvalue weighted by molar-refractivity contribution is -0.184. The summed E-state index contributed by atoms with van der Waals surface area (Å²) >= 11 is 5.77. The molecule has 0 bridgehead atoms. The van der Waals surface area contributed by atoms with Crippen LogP contribution in [0.2, 0.25) is 5.02 Å². The number of hydrogen-bond acceptors (Lipinski definition) is 4. The Morgan fingerprint density at radius 2 is 1.80 bits per heavy atom. The highest BCUT2D eigenvalue weighted by molar-refractivity contribution is 6.30. The van der Waals surface area contributed by atoms with Crippen LogP contribution in [0.15, 0.2) is 42.5 Å². The number of hydroxylamine groups is 1. The third-order valence-corrected chi connectivity index (χ3v) is 6.35. The minimum atomic E-state index is -4.85. The first-order chi connectivity index (χ1) is 16.3. The molecule has 35 heavy (non-hydrogen) atoms. The second-order valence-electron chi connectivity index (χ2n) is 8.33. The van der Waals surface area contributed by atoms with Gasteiger partial charge in [-0.25, -0.2) is 5.48 Å². The zero-order valence-electron chi connectivity index (χ0n) is 17.8. The fraction of sp³-hybridized carbons (Fsp3) is 0.364. The van der Waals surface area contributed by atoms with E-state index in [1.807, 2.05) is 0 Å². The quantitative estimate of drug-likeness (QED) is 0.591. The van der Waals surface area contributed by atoms with Crippen molar-refractivity contribution in [3.05, 3.63) is 64.2 Å². The molecule has 2 aliphatic rings. The van der Waals surface area contributed by atoms with Gasteiger partial charge in [-0.1, -0.05) is 11.6 Å². The highest BCUT2D eigenvalue weighted by Gasteiger charge is 2.59. The van der Waals surface area contributed by atoms with Crippen molar-refractivity contribution in [3.8, 4) is 0 Å². The molecule has 0 radical (unpaired) electrons. The lowest BCUT2D eigenvalue weighted by atomic mass is 9.78. The van der Waals surface area contributed by atoms with Crippen molar-refractivity contribution in [1.82, 2.24) is 10.8 Å². The molecule has 0 aliphatic carbocycles. The van der Waals surface area contributed by atoms with E-state index in [4.69, 9.17) is 16.4 Å². The highest BCUT2D eigenvalue weighted by atomic mass is 35.5. The number of alkyl halides is 6. The maximum absolute atomic E-state index is 14.3. The molecule has 2 atom stereocenters. The molecule has 2 aliphatic heterocycles. The summed E-state index contributed by atoms with van der Waals surface area (Å²) in [5.74, 6) is -1.09. The van der Waals surface area contributed by atoms with Gasteiger partial charge in [0.05, 0.1) is 5.56 Å². The summed E-state index contributed by atoms with van der Waals surface area (Å²) in [6, 6.07) is 6.78. The minimum Gasteiger partial charge on any atom is -0.370 e. The summed E-state index contributed by atoms with van der Waals surface area (Å²) in [4.78, 5) is 30.0. The van der Waals surface area contributed by atoms with Gasteiger partial charge in [0.1, 0.15) is 18.1 Å². The van der Waals surface area contributed by atoms with Gasteiger partial charge < -0.3 is 10.2 Å². The zero-order chi connectivity index (χ0) is 25.6. The summed E-state index contributed by atoms with van der Waals surface area (Å²) in [5.41, 5.74) is -1.75. The van der Waals surface area contributed by atoms with E-state index >= 15 is 0 Å². The van der Waals surface area contributed by atoms with E-state index in [0.29, 0.717) is 17.8 Å². The smallest absolute Gasteiger partial charge is 0.370 e. The number of carbonyl (C=O) groups is 2. The second-order valence-corrected chi connectivity index (χ2v) is 8.76. The standard InChI is InChI=1S/C22H18ClF6N3O3/c23-15-8-13(7-14(9-15)21(24,25)26)20(22(27,28)29)5-6-32(11-20)16-3-1-12(2-4-16)18(33)30-17-10-35-31-19(17)34/h1-4,7-9,17H,5-6,10-11H2,(H,30,33)(H,31,34). The number of carbonyl (C=O) groups excluding carboxylic acids is 2. The van der Waals surface area contributed by atoms with Crippen LogP contribution in [0.4, 0.5) is 32.0 Å². The largest absolute Gasteiger partial charge is 0.416 e. The van der Waals surface area contributed by atoms with E-state index in [2.05, 4.69) is 10.8 Å². The number of nitrogens with one attached hydrogen (secondary N) is 2. The van der Waals surface area contributed by atoms with Crippen LogP contribution in [-0.2, 0) is 21.2 Å². The Bertz CT molecular complexity index is 1140. The Morgan fingerprint density at radius 3 is 2.37 bits per heavy atom. The average molecular weight is 522 g/mol. The molecule has 6 nitrogen and oxygen atoms in total. The van der Waals surface area contributed by atoms with E-state index in [1.165, 1.54) is 29.2 Å². The zero-order valence-corrected chi connectivity index (χ0v) is 18.5. The van der Waals surface area contributed by atoms with E-state index in [-0.39, 0.29) is 18.7 Å². The Kier molecular flexibility index (Phi) is 6.39. The van der Waals surface area contributed by atoms with Crippen LogP contribution in [0.1, 0.15) is 27.9 Å². The molecule has 13 heteroatoms. The molecule has 4 rings (SSSR count). The van der Waals surface area contributed by atoms with Crippen molar-refractivity contribution in [1.29, 1.82) is 0 Å². The van der Waals surface area contributed by atoms with Crippen LogP contribution in [0, 0.1) is 0 Å².